The van der Waals surface area contributed by atoms with E-state index in [2.05, 4.69) is 29.0 Å². The fraction of sp³-hybridized carbons (Fsp3) is 0.609. The molecule has 2 aliphatic rings. The van der Waals surface area contributed by atoms with E-state index in [4.69, 9.17) is 0 Å². The summed E-state index contributed by atoms with van der Waals surface area (Å²) in [6.45, 7) is 7.70. The Morgan fingerprint density at radius 3 is 2.59 bits per heavy atom. The van der Waals surface area contributed by atoms with Crippen LogP contribution >= 0.6 is 0 Å². The van der Waals surface area contributed by atoms with E-state index in [0.717, 1.165) is 48.3 Å². The second-order valence-corrected chi connectivity index (χ2v) is 8.69. The highest BCUT2D eigenvalue weighted by molar-refractivity contribution is 5.99. The van der Waals surface area contributed by atoms with Crippen LogP contribution in [0, 0.1) is 19.8 Å². The Bertz CT molecular complexity index is 795. The van der Waals surface area contributed by atoms with Gasteiger partial charge in [-0.1, -0.05) is 19.3 Å². The number of nitrogens with one attached hydrogen (secondary N) is 2. The molecule has 4 rings (SSSR count). The molecule has 27 heavy (non-hydrogen) atoms. The van der Waals surface area contributed by atoms with Gasteiger partial charge < -0.3 is 15.2 Å². The minimum absolute atomic E-state index is 0.0703. The third-order valence-electron chi connectivity index (χ3n) is 6.73. The van der Waals surface area contributed by atoms with Crippen molar-refractivity contribution in [1.82, 2.24) is 15.2 Å². The van der Waals surface area contributed by atoms with Crippen LogP contribution in [0.2, 0.25) is 0 Å². The monoisotopic (exact) mass is 367 g/mol. The Hall–Kier alpha value is -1.81. The maximum atomic E-state index is 12.7. The number of hydrogen-bond acceptors (Lipinski definition) is 2. The van der Waals surface area contributed by atoms with Gasteiger partial charge in [-0.25, -0.2) is 0 Å². The SMILES string of the molecule is Cc1[nH]c2ccc(C(=O)NC3CCN(CC4CCCCC4)CC3)cc2c1C. The number of aryl methyl sites for hydroxylation is 2. The molecule has 2 N–H and O–H groups in total. The number of aromatic nitrogens is 1. The first-order valence-electron chi connectivity index (χ1n) is 10.7. The van der Waals surface area contributed by atoms with Crippen molar-refractivity contribution >= 4 is 16.8 Å². The number of carbonyl (C=O) groups is 1. The van der Waals surface area contributed by atoms with E-state index in [1.54, 1.807) is 0 Å². The molecular weight excluding hydrogens is 334 g/mol. The smallest absolute Gasteiger partial charge is 0.251 e. The molecule has 4 heteroatoms. The van der Waals surface area contributed by atoms with E-state index in [1.807, 2.05) is 18.2 Å². The molecule has 2 fully saturated rings. The second-order valence-electron chi connectivity index (χ2n) is 8.69. The lowest BCUT2D eigenvalue weighted by molar-refractivity contribution is 0.0901. The summed E-state index contributed by atoms with van der Waals surface area (Å²) in [6, 6.07) is 6.30. The average molecular weight is 368 g/mol. The summed E-state index contributed by atoms with van der Waals surface area (Å²) in [4.78, 5) is 18.7. The van der Waals surface area contributed by atoms with Crippen molar-refractivity contribution in [1.29, 1.82) is 0 Å². The largest absolute Gasteiger partial charge is 0.358 e. The first-order chi connectivity index (χ1) is 13.1. The first kappa shape index (κ1) is 18.5. The molecule has 0 unspecified atom stereocenters. The number of carbonyl (C=O) groups excluding carboxylic acids is 1. The molecule has 1 aliphatic carbocycles. The normalized spacial score (nSPS) is 20.2. The van der Waals surface area contributed by atoms with Crippen LogP contribution in [-0.4, -0.2) is 41.5 Å². The number of likely N-dealkylation sites (tertiary alicyclic amines) is 1. The molecule has 1 aromatic carbocycles. The summed E-state index contributed by atoms with van der Waals surface area (Å²) in [5, 5.41) is 4.43. The molecule has 0 spiro atoms. The molecule has 1 saturated carbocycles. The highest BCUT2D eigenvalue weighted by atomic mass is 16.1. The summed E-state index contributed by atoms with van der Waals surface area (Å²) in [5.74, 6) is 0.977. The Morgan fingerprint density at radius 2 is 1.85 bits per heavy atom. The van der Waals surface area contributed by atoms with Gasteiger partial charge in [-0.2, -0.15) is 0 Å². The molecule has 0 bridgehead atoms. The number of piperidine rings is 1. The van der Waals surface area contributed by atoms with Crippen LogP contribution in [0.15, 0.2) is 18.2 Å². The number of benzene rings is 1. The molecule has 4 nitrogen and oxygen atoms in total. The van der Waals surface area contributed by atoms with Crippen molar-refractivity contribution < 1.29 is 4.79 Å². The van der Waals surface area contributed by atoms with Crippen molar-refractivity contribution in [2.24, 2.45) is 5.92 Å². The first-order valence-corrected chi connectivity index (χ1v) is 10.7. The summed E-state index contributed by atoms with van der Waals surface area (Å²) in [7, 11) is 0. The lowest BCUT2D eigenvalue weighted by atomic mass is 9.88. The van der Waals surface area contributed by atoms with Crippen LogP contribution in [0.1, 0.15) is 66.6 Å². The van der Waals surface area contributed by atoms with Gasteiger partial charge in [0.25, 0.3) is 5.91 Å². The number of H-pyrrole nitrogens is 1. The van der Waals surface area contributed by atoms with Crippen LogP contribution < -0.4 is 5.32 Å². The fourth-order valence-electron chi connectivity index (χ4n) is 4.87. The van der Waals surface area contributed by atoms with Gasteiger partial charge in [0, 0.05) is 47.8 Å². The molecular formula is C23H33N3O. The molecule has 2 aromatic rings. The van der Waals surface area contributed by atoms with Gasteiger partial charge in [-0.15, -0.1) is 0 Å². The van der Waals surface area contributed by atoms with Crippen molar-refractivity contribution in [3.63, 3.8) is 0 Å². The summed E-state index contributed by atoms with van der Waals surface area (Å²) in [5.41, 5.74) is 4.29. The highest BCUT2D eigenvalue weighted by Gasteiger charge is 2.24. The van der Waals surface area contributed by atoms with E-state index in [0.29, 0.717) is 6.04 Å². The standard InChI is InChI=1S/C23H33N3O/c1-16-17(2)24-22-9-8-19(14-21(16)22)23(27)25-20-10-12-26(13-11-20)15-18-6-4-3-5-7-18/h8-9,14,18,20,24H,3-7,10-13,15H2,1-2H3,(H,25,27). The lowest BCUT2D eigenvalue weighted by Gasteiger charge is -2.35. The third kappa shape index (κ3) is 4.21. The molecule has 0 atom stereocenters. The molecule has 1 aromatic heterocycles. The Kier molecular flexibility index (Phi) is 5.53. The Balaban J connectivity index is 1.31. The second kappa shape index (κ2) is 8.05. The quantitative estimate of drug-likeness (QED) is 0.832. The van der Waals surface area contributed by atoms with E-state index in [-0.39, 0.29) is 5.91 Å². The van der Waals surface area contributed by atoms with Crippen LogP contribution in [0.3, 0.4) is 0 Å². The average Bonchev–Trinajstić information content (AvgIpc) is 2.98. The van der Waals surface area contributed by atoms with Gasteiger partial charge in [0.15, 0.2) is 0 Å². The van der Waals surface area contributed by atoms with Gasteiger partial charge in [-0.05, 0) is 69.2 Å². The zero-order valence-corrected chi connectivity index (χ0v) is 16.8. The van der Waals surface area contributed by atoms with Gasteiger partial charge in [0.2, 0.25) is 0 Å². The van der Waals surface area contributed by atoms with Gasteiger partial charge in [0.05, 0.1) is 0 Å². The number of amides is 1. The number of rotatable bonds is 4. The fourth-order valence-corrected chi connectivity index (χ4v) is 4.87. The molecule has 1 amide bonds. The van der Waals surface area contributed by atoms with Gasteiger partial charge in [-0.3, -0.25) is 4.79 Å². The highest BCUT2D eigenvalue weighted by Crippen LogP contribution is 2.26. The predicted molar refractivity (Wildman–Crippen MR) is 111 cm³/mol. The lowest BCUT2D eigenvalue weighted by Crippen LogP contribution is -2.45. The molecule has 1 aliphatic heterocycles. The number of fused-ring (bicyclic) bond motifs is 1. The Labute approximate surface area is 162 Å². The van der Waals surface area contributed by atoms with Gasteiger partial charge >= 0.3 is 0 Å². The molecule has 2 heterocycles. The van der Waals surface area contributed by atoms with Crippen molar-refractivity contribution in [2.45, 2.75) is 64.8 Å². The topological polar surface area (TPSA) is 48.1 Å². The zero-order valence-electron chi connectivity index (χ0n) is 16.8. The number of nitrogens with zero attached hydrogens (tertiary/aromatic N) is 1. The third-order valence-corrected chi connectivity index (χ3v) is 6.73. The van der Waals surface area contributed by atoms with Crippen LogP contribution in [0.5, 0.6) is 0 Å². The van der Waals surface area contributed by atoms with Crippen LogP contribution in [0.4, 0.5) is 0 Å². The number of aromatic amines is 1. The summed E-state index contributed by atoms with van der Waals surface area (Å²) in [6.07, 6.45) is 9.24. The number of hydrogen-bond donors (Lipinski definition) is 2. The van der Waals surface area contributed by atoms with Crippen LogP contribution in [0.25, 0.3) is 10.9 Å². The zero-order chi connectivity index (χ0) is 18.8. The van der Waals surface area contributed by atoms with E-state index >= 15 is 0 Å². The van der Waals surface area contributed by atoms with E-state index in [9.17, 15) is 4.79 Å². The minimum atomic E-state index is 0.0703. The van der Waals surface area contributed by atoms with Crippen molar-refractivity contribution in [3.8, 4) is 0 Å². The maximum Gasteiger partial charge on any atom is 0.251 e. The minimum Gasteiger partial charge on any atom is -0.358 e. The van der Waals surface area contributed by atoms with Crippen molar-refractivity contribution in [3.05, 3.63) is 35.0 Å². The van der Waals surface area contributed by atoms with E-state index in [1.165, 1.54) is 49.9 Å². The predicted octanol–water partition coefficient (Wildman–Crippen LogP) is 4.56. The summed E-state index contributed by atoms with van der Waals surface area (Å²) >= 11 is 0. The summed E-state index contributed by atoms with van der Waals surface area (Å²) < 4.78 is 0. The van der Waals surface area contributed by atoms with Gasteiger partial charge in [0.1, 0.15) is 0 Å². The maximum absolute atomic E-state index is 12.7. The van der Waals surface area contributed by atoms with E-state index < -0.39 is 0 Å². The van der Waals surface area contributed by atoms with Crippen LogP contribution in [-0.2, 0) is 0 Å². The molecule has 146 valence electrons. The Morgan fingerprint density at radius 1 is 1.11 bits per heavy atom. The van der Waals surface area contributed by atoms with Crippen molar-refractivity contribution in [2.75, 3.05) is 19.6 Å². The molecule has 0 radical (unpaired) electrons. The molecule has 1 saturated heterocycles.